The van der Waals surface area contributed by atoms with Gasteiger partial charge in [-0.2, -0.15) is 0 Å². The number of nitrogens with zero attached hydrogens (tertiary/aromatic N) is 2. The van der Waals surface area contributed by atoms with E-state index in [1.165, 1.54) is 57.9 Å². The molecule has 0 aromatic carbocycles. The molecule has 2 fully saturated rings. The molecule has 2 rings (SSSR count). The molecule has 0 spiro atoms. The number of nitrogens with two attached hydrogens (primary N) is 1. The van der Waals surface area contributed by atoms with Gasteiger partial charge in [0.2, 0.25) is 0 Å². The zero-order chi connectivity index (χ0) is 14.8. The summed E-state index contributed by atoms with van der Waals surface area (Å²) < 4.78 is 0. The molecule has 0 aromatic heterocycles. The van der Waals surface area contributed by atoms with Crippen LogP contribution in [0.15, 0.2) is 0 Å². The quantitative estimate of drug-likeness (QED) is 0.812. The summed E-state index contributed by atoms with van der Waals surface area (Å²) in [5, 5.41) is 0. The van der Waals surface area contributed by atoms with Crippen LogP contribution in [0, 0.1) is 5.92 Å². The summed E-state index contributed by atoms with van der Waals surface area (Å²) in [7, 11) is 6.82. The van der Waals surface area contributed by atoms with Crippen molar-refractivity contribution in [2.45, 2.75) is 69.4 Å². The predicted octanol–water partition coefficient (Wildman–Crippen LogP) is 2.70. The van der Waals surface area contributed by atoms with Crippen molar-refractivity contribution in [1.29, 1.82) is 0 Å². The third kappa shape index (κ3) is 2.90. The van der Waals surface area contributed by atoms with Gasteiger partial charge in [-0.25, -0.2) is 0 Å². The molecule has 0 amide bonds. The first kappa shape index (κ1) is 16.3. The van der Waals surface area contributed by atoms with Gasteiger partial charge in [0, 0.05) is 24.2 Å². The topological polar surface area (TPSA) is 32.5 Å². The van der Waals surface area contributed by atoms with Crippen molar-refractivity contribution in [3.05, 3.63) is 0 Å². The van der Waals surface area contributed by atoms with Crippen LogP contribution < -0.4 is 5.73 Å². The van der Waals surface area contributed by atoms with E-state index in [9.17, 15) is 0 Å². The predicted molar refractivity (Wildman–Crippen MR) is 86.9 cm³/mol. The van der Waals surface area contributed by atoms with Crippen LogP contribution in [0.1, 0.15) is 58.3 Å². The highest BCUT2D eigenvalue weighted by atomic mass is 15.3. The minimum absolute atomic E-state index is 0.261. The summed E-state index contributed by atoms with van der Waals surface area (Å²) in [6.45, 7) is 4.35. The summed E-state index contributed by atoms with van der Waals surface area (Å²) >= 11 is 0. The van der Waals surface area contributed by atoms with Crippen molar-refractivity contribution in [2.24, 2.45) is 11.7 Å². The van der Waals surface area contributed by atoms with E-state index in [0.29, 0.717) is 5.54 Å². The first-order valence-corrected chi connectivity index (χ1v) is 8.57. The van der Waals surface area contributed by atoms with E-state index < -0.39 is 0 Å². The highest BCUT2D eigenvalue weighted by Gasteiger charge is 2.45. The van der Waals surface area contributed by atoms with Gasteiger partial charge in [0.25, 0.3) is 0 Å². The van der Waals surface area contributed by atoms with E-state index in [1.807, 2.05) is 0 Å². The summed E-state index contributed by atoms with van der Waals surface area (Å²) in [5.41, 5.74) is 6.93. The van der Waals surface area contributed by atoms with E-state index in [1.54, 1.807) is 0 Å². The van der Waals surface area contributed by atoms with Crippen LogP contribution in [0.2, 0.25) is 0 Å². The van der Waals surface area contributed by atoms with E-state index in [0.717, 1.165) is 12.5 Å². The highest BCUT2D eigenvalue weighted by molar-refractivity contribution is 5.03. The fourth-order valence-electron chi connectivity index (χ4n) is 4.44. The van der Waals surface area contributed by atoms with Gasteiger partial charge in [0.05, 0.1) is 0 Å². The maximum Gasteiger partial charge on any atom is 0.0332 e. The number of likely N-dealkylation sites (N-methyl/N-ethyl adjacent to an activating group) is 2. The van der Waals surface area contributed by atoms with Gasteiger partial charge >= 0.3 is 0 Å². The Morgan fingerprint density at radius 2 is 1.70 bits per heavy atom. The highest BCUT2D eigenvalue weighted by Crippen LogP contribution is 2.42. The molecule has 118 valence electrons. The Bertz CT molecular complexity index is 311. The fraction of sp³-hybridized carbons (Fsp3) is 1.00. The van der Waals surface area contributed by atoms with Crippen molar-refractivity contribution in [3.8, 4) is 0 Å². The summed E-state index contributed by atoms with van der Waals surface area (Å²) in [5.74, 6) is 0.881. The lowest BCUT2D eigenvalue weighted by Gasteiger charge is -2.54. The molecule has 2 aliphatic carbocycles. The lowest BCUT2D eigenvalue weighted by Crippen LogP contribution is -2.63. The standard InChI is InChI=1S/C17H35N3/c1-5-15-8-6-9-17(12-15,13-18)20(4)14-16(19(2)3)10-7-11-16/h15H,5-14,18H2,1-4H3. The van der Waals surface area contributed by atoms with Crippen LogP contribution >= 0.6 is 0 Å². The SMILES string of the molecule is CCC1CCCC(CN)(N(C)CC2(N(C)C)CCC2)C1. The van der Waals surface area contributed by atoms with Crippen LogP contribution in [0.4, 0.5) is 0 Å². The Morgan fingerprint density at radius 1 is 1.05 bits per heavy atom. The van der Waals surface area contributed by atoms with Gasteiger partial charge in [0.1, 0.15) is 0 Å². The lowest BCUT2D eigenvalue weighted by atomic mass is 9.71. The second-order valence-electron chi connectivity index (χ2n) is 7.63. The zero-order valence-corrected chi connectivity index (χ0v) is 14.1. The lowest BCUT2D eigenvalue weighted by molar-refractivity contribution is -0.0263. The largest absolute Gasteiger partial charge is 0.329 e. The third-order valence-corrected chi connectivity index (χ3v) is 6.45. The first-order chi connectivity index (χ1) is 9.48. The number of hydrogen-bond acceptors (Lipinski definition) is 3. The Hall–Kier alpha value is -0.120. The van der Waals surface area contributed by atoms with Gasteiger partial charge in [-0.3, -0.25) is 4.90 Å². The Balaban J connectivity index is 2.06. The molecule has 2 saturated carbocycles. The van der Waals surface area contributed by atoms with E-state index in [2.05, 4.69) is 37.9 Å². The van der Waals surface area contributed by atoms with Gasteiger partial charge < -0.3 is 10.6 Å². The molecule has 0 heterocycles. The van der Waals surface area contributed by atoms with Crippen LogP contribution in [-0.4, -0.2) is 55.1 Å². The van der Waals surface area contributed by atoms with Crippen LogP contribution in [-0.2, 0) is 0 Å². The second kappa shape index (κ2) is 6.33. The zero-order valence-electron chi connectivity index (χ0n) is 14.1. The minimum Gasteiger partial charge on any atom is -0.329 e. The van der Waals surface area contributed by atoms with Crippen LogP contribution in [0.3, 0.4) is 0 Å². The van der Waals surface area contributed by atoms with Gasteiger partial charge in [-0.05, 0) is 59.2 Å². The van der Waals surface area contributed by atoms with Crippen LogP contribution in [0.25, 0.3) is 0 Å². The maximum atomic E-state index is 6.26. The van der Waals surface area contributed by atoms with E-state index >= 15 is 0 Å². The smallest absolute Gasteiger partial charge is 0.0332 e. The summed E-state index contributed by atoms with van der Waals surface area (Å²) in [6.07, 6.45) is 10.8. The third-order valence-electron chi connectivity index (χ3n) is 6.45. The number of hydrogen-bond donors (Lipinski definition) is 1. The minimum atomic E-state index is 0.261. The normalized spacial score (nSPS) is 33.5. The molecule has 2 aliphatic rings. The van der Waals surface area contributed by atoms with Crippen molar-refractivity contribution in [1.82, 2.24) is 9.80 Å². The van der Waals surface area contributed by atoms with Crippen LogP contribution in [0.5, 0.6) is 0 Å². The van der Waals surface area contributed by atoms with Crippen molar-refractivity contribution < 1.29 is 0 Å². The van der Waals surface area contributed by atoms with Crippen molar-refractivity contribution >= 4 is 0 Å². The Morgan fingerprint density at radius 3 is 2.15 bits per heavy atom. The number of rotatable bonds is 6. The van der Waals surface area contributed by atoms with Gasteiger partial charge in [-0.1, -0.05) is 26.2 Å². The molecule has 2 unspecified atom stereocenters. The van der Waals surface area contributed by atoms with Gasteiger partial charge in [-0.15, -0.1) is 0 Å². The molecule has 3 nitrogen and oxygen atoms in total. The van der Waals surface area contributed by atoms with E-state index in [4.69, 9.17) is 5.73 Å². The Labute approximate surface area is 125 Å². The summed E-state index contributed by atoms with van der Waals surface area (Å²) in [6, 6.07) is 0. The molecule has 0 bridgehead atoms. The molecule has 0 aromatic rings. The average molecular weight is 281 g/mol. The van der Waals surface area contributed by atoms with Gasteiger partial charge in [0.15, 0.2) is 0 Å². The monoisotopic (exact) mass is 281 g/mol. The molecular weight excluding hydrogens is 246 g/mol. The molecule has 2 atom stereocenters. The molecule has 2 N–H and O–H groups in total. The molecule has 0 aliphatic heterocycles. The second-order valence-corrected chi connectivity index (χ2v) is 7.63. The molecule has 0 radical (unpaired) electrons. The molecule has 0 saturated heterocycles. The molecular formula is C17H35N3. The fourth-order valence-corrected chi connectivity index (χ4v) is 4.44. The first-order valence-electron chi connectivity index (χ1n) is 8.57. The molecule has 20 heavy (non-hydrogen) atoms. The molecule has 3 heteroatoms. The van der Waals surface area contributed by atoms with Crippen molar-refractivity contribution in [3.63, 3.8) is 0 Å². The summed E-state index contributed by atoms with van der Waals surface area (Å²) in [4.78, 5) is 5.09. The van der Waals surface area contributed by atoms with Crippen molar-refractivity contribution in [2.75, 3.05) is 34.2 Å². The average Bonchev–Trinajstić information content (AvgIpc) is 2.41. The maximum absolute atomic E-state index is 6.26. The van der Waals surface area contributed by atoms with E-state index in [-0.39, 0.29) is 5.54 Å². The Kier molecular flexibility index (Phi) is 5.14.